The normalized spacial score (nSPS) is 12.6. The number of nitrogens with one attached hydrogen (secondary N) is 1. The summed E-state index contributed by atoms with van der Waals surface area (Å²) >= 11 is 0. The monoisotopic (exact) mass is 247 g/mol. The molecule has 0 saturated heterocycles. The molecule has 0 amide bonds. The summed E-state index contributed by atoms with van der Waals surface area (Å²) in [6.45, 7) is 6.90. The number of rotatable bonds is 10. The molecule has 0 aliphatic rings. The van der Waals surface area contributed by atoms with Crippen molar-refractivity contribution in [2.45, 2.75) is 52.4 Å². The molecule has 1 unspecified atom stereocenters. The Bertz CT molecular complexity index is 281. The van der Waals surface area contributed by atoms with Gasteiger partial charge in [0, 0.05) is 0 Å². The molecule has 0 radical (unpaired) electrons. The smallest absolute Gasteiger partial charge is 0.000824 e. The lowest BCUT2D eigenvalue weighted by molar-refractivity contribution is 0.456. The molecule has 0 fully saturated rings. The van der Waals surface area contributed by atoms with Crippen LogP contribution in [0.3, 0.4) is 0 Å². The van der Waals surface area contributed by atoms with Gasteiger partial charge in [-0.15, -0.1) is 0 Å². The fourth-order valence-electron chi connectivity index (χ4n) is 2.25. The molecule has 1 nitrogen and oxygen atoms in total. The highest BCUT2D eigenvalue weighted by molar-refractivity contribution is 5.14. The van der Waals surface area contributed by atoms with Crippen molar-refractivity contribution in [3.63, 3.8) is 0 Å². The molecular weight excluding hydrogens is 218 g/mol. The molecule has 0 aliphatic heterocycles. The van der Waals surface area contributed by atoms with Crippen LogP contribution in [0.4, 0.5) is 0 Å². The van der Waals surface area contributed by atoms with Crippen molar-refractivity contribution >= 4 is 0 Å². The van der Waals surface area contributed by atoms with Crippen molar-refractivity contribution in [3.05, 3.63) is 35.9 Å². The Kier molecular flexibility index (Phi) is 8.58. The molecule has 0 bridgehead atoms. The van der Waals surface area contributed by atoms with Gasteiger partial charge in [0.1, 0.15) is 0 Å². The molecule has 0 heterocycles. The summed E-state index contributed by atoms with van der Waals surface area (Å²) in [5.41, 5.74) is 1.43. The zero-order valence-corrected chi connectivity index (χ0v) is 12.1. The van der Waals surface area contributed by atoms with Gasteiger partial charge in [0.25, 0.3) is 0 Å². The number of benzene rings is 1. The van der Waals surface area contributed by atoms with Gasteiger partial charge in [0.15, 0.2) is 0 Å². The Morgan fingerprint density at radius 1 is 1.06 bits per heavy atom. The summed E-state index contributed by atoms with van der Waals surface area (Å²) in [7, 11) is 0. The van der Waals surface area contributed by atoms with Crippen LogP contribution >= 0.6 is 0 Å². The van der Waals surface area contributed by atoms with Gasteiger partial charge in [-0.2, -0.15) is 0 Å². The molecular formula is C17H29N. The van der Waals surface area contributed by atoms with E-state index in [4.69, 9.17) is 0 Å². The van der Waals surface area contributed by atoms with Crippen LogP contribution in [0, 0.1) is 5.92 Å². The number of unbranched alkanes of at least 4 members (excludes halogenated alkanes) is 3. The van der Waals surface area contributed by atoms with Crippen molar-refractivity contribution in [2.75, 3.05) is 13.1 Å². The van der Waals surface area contributed by atoms with Crippen molar-refractivity contribution in [3.8, 4) is 0 Å². The van der Waals surface area contributed by atoms with Crippen LogP contribution in [0.15, 0.2) is 30.3 Å². The van der Waals surface area contributed by atoms with E-state index in [0.717, 1.165) is 18.9 Å². The SMILES string of the molecule is CCCCCCC(C)CNCCc1ccccc1. The minimum Gasteiger partial charge on any atom is -0.316 e. The highest BCUT2D eigenvalue weighted by atomic mass is 14.8. The second-order valence-corrected chi connectivity index (χ2v) is 5.39. The van der Waals surface area contributed by atoms with E-state index in [9.17, 15) is 0 Å². The minimum absolute atomic E-state index is 0.817. The third kappa shape index (κ3) is 7.50. The van der Waals surface area contributed by atoms with E-state index in [1.165, 1.54) is 44.2 Å². The molecule has 1 heteroatoms. The van der Waals surface area contributed by atoms with Crippen LogP contribution in [0.25, 0.3) is 0 Å². The first kappa shape index (κ1) is 15.2. The van der Waals surface area contributed by atoms with E-state index in [0.29, 0.717) is 0 Å². The van der Waals surface area contributed by atoms with Crippen molar-refractivity contribution < 1.29 is 0 Å². The molecule has 18 heavy (non-hydrogen) atoms. The molecule has 1 aromatic carbocycles. The van der Waals surface area contributed by atoms with E-state index in [2.05, 4.69) is 49.5 Å². The zero-order valence-electron chi connectivity index (χ0n) is 12.1. The maximum atomic E-state index is 3.57. The van der Waals surface area contributed by atoms with Crippen LogP contribution in [-0.2, 0) is 6.42 Å². The van der Waals surface area contributed by atoms with Crippen molar-refractivity contribution in [1.82, 2.24) is 5.32 Å². The van der Waals surface area contributed by atoms with Crippen molar-refractivity contribution in [2.24, 2.45) is 5.92 Å². The first-order valence-electron chi connectivity index (χ1n) is 7.57. The Balaban J connectivity index is 1.97. The van der Waals surface area contributed by atoms with Crippen LogP contribution in [0.1, 0.15) is 51.5 Å². The lowest BCUT2D eigenvalue weighted by Crippen LogP contribution is -2.23. The largest absolute Gasteiger partial charge is 0.316 e. The molecule has 102 valence electrons. The molecule has 0 saturated carbocycles. The third-order valence-electron chi connectivity index (χ3n) is 3.48. The fraction of sp³-hybridized carbons (Fsp3) is 0.647. The van der Waals surface area contributed by atoms with E-state index in [1.54, 1.807) is 0 Å². The average Bonchev–Trinajstić information content (AvgIpc) is 2.41. The molecule has 1 atom stereocenters. The molecule has 0 aromatic heterocycles. The van der Waals surface area contributed by atoms with Crippen molar-refractivity contribution in [1.29, 1.82) is 0 Å². The van der Waals surface area contributed by atoms with Gasteiger partial charge in [0.05, 0.1) is 0 Å². The lowest BCUT2D eigenvalue weighted by Gasteiger charge is -2.12. The molecule has 1 rings (SSSR count). The average molecular weight is 247 g/mol. The summed E-state index contributed by atoms with van der Waals surface area (Å²) in [5.74, 6) is 0.817. The Morgan fingerprint density at radius 2 is 1.83 bits per heavy atom. The van der Waals surface area contributed by atoms with Gasteiger partial charge in [-0.25, -0.2) is 0 Å². The second kappa shape index (κ2) is 10.1. The lowest BCUT2D eigenvalue weighted by atomic mass is 10.0. The van der Waals surface area contributed by atoms with Crippen LogP contribution in [-0.4, -0.2) is 13.1 Å². The van der Waals surface area contributed by atoms with Gasteiger partial charge in [-0.3, -0.25) is 0 Å². The first-order valence-corrected chi connectivity index (χ1v) is 7.57. The van der Waals surface area contributed by atoms with Crippen LogP contribution in [0.5, 0.6) is 0 Å². The Labute approximate surface area is 113 Å². The zero-order chi connectivity index (χ0) is 13.1. The van der Waals surface area contributed by atoms with Crippen LogP contribution in [0.2, 0.25) is 0 Å². The van der Waals surface area contributed by atoms with Gasteiger partial charge >= 0.3 is 0 Å². The predicted octanol–water partition coefficient (Wildman–Crippen LogP) is 4.43. The third-order valence-corrected chi connectivity index (χ3v) is 3.48. The molecule has 1 N–H and O–H groups in total. The van der Waals surface area contributed by atoms with Gasteiger partial charge < -0.3 is 5.32 Å². The molecule has 0 aliphatic carbocycles. The maximum absolute atomic E-state index is 3.57. The number of hydrogen-bond donors (Lipinski definition) is 1. The van der Waals surface area contributed by atoms with E-state index >= 15 is 0 Å². The topological polar surface area (TPSA) is 12.0 Å². The Hall–Kier alpha value is -0.820. The van der Waals surface area contributed by atoms with Gasteiger partial charge in [-0.05, 0) is 37.4 Å². The first-order chi connectivity index (χ1) is 8.83. The van der Waals surface area contributed by atoms with Gasteiger partial charge in [-0.1, -0.05) is 69.9 Å². The van der Waals surface area contributed by atoms with E-state index < -0.39 is 0 Å². The maximum Gasteiger partial charge on any atom is -0.000824 e. The Morgan fingerprint density at radius 3 is 2.56 bits per heavy atom. The van der Waals surface area contributed by atoms with Crippen LogP contribution < -0.4 is 5.32 Å². The predicted molar refractivity (Wildman–Crippen MR) is 80.9 cm³/mol. The quantitative estimate of drug-likeness (QED) is 0.603. The highest BCUT2D eigenvalue weighted by Crippen LogP contribution is 2.09. The van der Waals surface area contributed by atoms with E-state index in [1.807, 2.05) is 0 Å². The molecule has 0 spiro atoms. The second-order valence-electron chi connectivity index (χ2n) is 5.39. The number of hydrogen-bond acceptors (Lipinski definition) is 1. The summed E-state index contributed by atoms with van der Waals surface area (Å²) in [6.07, 6.45) is 8.06. The fourth-order valence-corrected chi connectivity index (χ4v) is 2.25. The summed E-state index contributed by atoms with van der Waals surface area (Å²) < 4.78 is 0. The standard InChI is InChI=1S/C17H29N/c1-3-4-5-7-10-16(2)15-18-14-13-17-11-8-6-9-12-17/h6,8-9,11-12,16,18H,3-5,7,10,13-15H2,1-2H3. The minimum atomic E-state index is 0.817. The summed E-state index contributed by atoms with van der Waals surface area (Å²) in [4.78, 5) is 0. The van der Waals surface area contributed by atoms with Gasteiger partial charge in [0.2, 0.25) is 0 Å². The molecule has 1 aromatic rings. The van der Waals surface area contributed by atoms with E-state index in [-0.39, 0.29) is 0 Å². The summed E-state index contributed by atoms with van der Waals surface area (Å²) in [6, 6.07) is 10.7. The summed E-state index contributed by atoms with van der Waals surface area (Å²) in [5, 5.41) is 3.57. The highest BCUT2D eigenvalue weighted by Gasteiger charge is 2.01.